The molecule has 242 valence electrons. The molecule has 0 aliphatic carbocycles. The van der Waals surface area contributed by atoms with Crippen LogP contribution in [0.3, 0.4) is 0 Å². The molecule has 0 bridgehead atoms. The summed E-state index contributed by atoms with van der Waals surface area (Å²) in [5, 5.41) is 72.9. The minimum Gasteiger partial charge on any atom is -0.508 e. The van der Waals surface area contributed by atoms with E-state index in [1.54, 1.807) is 0 Å². The van der Waals surface area contributed by atoms with E-state index in [0.29, 0.717) is 10.9 Å². The summed E-state index contributed by atoms with van der Waals surface area (Å²) in [5.41, 5.74) is -0.0858. The van der Waals surface area contributed by atoms with Crippen LogP contribution in [0.1, 0.15) is 12.5 Å². The number of aliphatic hydroxyl groups is 5. The Labute approximate surface area is 254 Å². The maximum Gasteiger partial charge on any atom is 0.336 e. The Balaban J connectivity index is 1.37. The molecule has 5 rings (SSSR count). The second-order valence-corrected chi connectivity index (χ2v) is 10.6. The first-order valence-corrected chi connectivity index (χ1v) is 13.9. The number of esters is 1. The number of carbonyl (C=O) groups excluding carboxylic acids is 1. The molecule has 0 spiro atoms. The van der Waals surface area contributed by atoms with Gasteiger partial charge in [0.05, 0.1) is 12.7 Å². The van der Waals surface area contributed by atoms with Gasteiger partial charge in [-0.2, -0.15) is 0 Å². The molecule has 0 amide bonds. The van der Waals surface area contributed by atoms with Crippen LogP contribution in [0.15, 0.2) is 63.8 Å². The number of aliphatic hydroxyl groups excluding tert-OH is 5. The predicted molar refractivity (Wildman–Crippen MR) is 151 cm³/mol. The standard InChI is InChI=1S/C30H32O15/c1-13-23(35)25(37)26(38)29(41-13)40-12-20-24(36)28(45-22(34)8-4-14-2-6-16(31)7-3-14)27(39)30(44-20)43-19-11-18-15(10-17(19)32)5-9-21(33)42-18/h2-11,13,20,23-32,35-39H,12H2,1H3/b8-4+/t13-,20+,23-,24+,25+,26+,27+,28-,29+,30+/m0/s1. The van der Waals surface area contributed by atoms with Crippen molar-refractivity contribution in [3.8, 4) is 17.2 Å². The third-order valence-corrected chi connectivity index (χ3v) is 7.38. The van der Waals surface area contributed by atoms with Crippen LogP contribution < -0.4 is 10.4 Å². The van der Waals surface area contributed by atoms with Gasteiger partial charge in [-0.3, -0.25) is 0 Å². The average molecular weight is 633 g/mol. The van der Waals surface area contributed by atoms with E-state index in [1.807, 2.05) is 0 Å². The van der Waals surface area contributed by atoms with Gasteiger partial charge >= 0.3 is 11.6 Å². The number of hydrogen-bond donors (Lipinski definition) is 7. The lowest BCUT2D eigenvalue weighted by Gasteiger charge is -2.43. The van der Waals surface area contributed by atoms with Gasteiger partial charge in [0.15, 0.2) is 30.0 Å². The van der Waals surface area contributed by atoms with E-state index < -0.39 is 85.4 Å². The van der Waals surface area contributed by atoms with Gasteiger partial charge in [0, 0.05) is 23.6 Å². The largest absolute Gasteiger partial charge is 0.508 e. The van der Waals surface area contributed by atoms with Crippen molar-refractivity contribution >= 4 is 23.0 Å². The second kappa shape index (κ2) is 13.5. The van der Waals surface area contributed by atoms with Crippen LogP contribution >= 0.6 is 0 Å². The Bertz CT molecular complexity index is 1570. The van der Waals surface area contributed by atoms with Crippen LogP contribution in [0.5, 0.6) is 17.2 Å². The average Bonchev–Trinajstić information content (AvgIpc) is 3.01. The zero-order chi connectivity index (χ0) is 32.4. The highest BCUT2D eigenvalue weighted by Gasteiger charge is 2.49. The number of phenolic OH excluding ortho intramolecular Hbond substituents is 2. The van der Waals surface area contributed by atoms with E-state index >= 15 is 0 Å². The van der Waals surface area contributed by atoms with Crippen LogP contribution in [0, 0.1) is 0 Å². The summed E-state index contributed by atoms with van der Waals surface area (Å²) in [4.78, 5) is 24.4. The van der Waals surface area contributed by atoms with E-state index in [-0.39, 0.29) is 17.1 Å². The Kier molecular flexibility index (Phi) is 9.71. The SMILES string of the molecule is C[C@@H]1O[C@@H](OC[C@H]2O[C@@H](Oc3cc4oc(=O)ccc4cc3O)[C@H](O)[C@@H](OC(=O)/C=C/c3ccc(O)cc3)[C@@H]2O)[C@H](O)[C@H](O)[C@H]1O. The maximum absolute atomic E-state index is 12.7. The van der Waals surface area contributed by atoms with Gasteiger partial charge in [0.25, 0.3) is 0 Å². The highest BCUT2D eigenvalue weighted by atomic mass is 16.7. The highest BCUT2D eigenvalue weighted by Crippen LogP contribution is 2.35. The Morgan fingerprint density at radius 1 is 0.867 bits per heavy atom. The van der Waals surface area contributed by atoms with Gasteiger partial charge in [-0.25, -0.2) is 9.59 Å². The van der Waals surface area contributed by atoms with Crippen LogP contribution in [0.25, 0.3) is 17.0 Å². The number of fused-ring (bicyclic) bond motifs is 1. The van der Waals surface area contributed by atoms with Crippen molar-refractivity contribution in [2.24, 2.45) is 0 Å². The third kappa shape index (κ3) is 7.27. The summed E-state index contributed by atoms with van der Waals surface area (Å²) < 4.78 is 32.9. The number of rotatable bonds is 8. The molecule has 45 heavy (non-hydrogen) atoms. The molecular weight excluding hydrogens is 600 g/mol. The molecule has 0 unspecified atom stereocenters. The molecule has 15 nitrogen and oxygen atoms in total. The van der Waals surface area contributed by atoms with Crippen molar-refractivity contribution in [1.29, 1.82) is 0 Å². The fourth-order valence-electron chi connectivity index (χ4n) is 4.84. The van der Waals surface area contributed by atoms with Crippen LogP contribution in [0.4, 0.5) is 0 Å². The molecule has 3 heterocycles. The molecule has 2 aliphatic heterocycles. The van der Waals surface area contributed by atoms with Crippen molar-refractivity contribution < 1.29 is 68.6 Å². The smallest absolute Gasteiger partial charge is 0.336 e. The zero-order valence-corrected chi connectivity index (χ0v) is 23.7. The number of hydrogen-bond acceptors (Lipinski definition) is 15. The van der Waals surface area contributed by atoms with Gasteiger partial charge < -0.3 is 63.8 Å². The highest BCUT2D eigenvalue weighted by molar-refractivity contribution is 5.87. The van der Waals surface area contributed by atoms with E-state index in [1.165, 1.54) is 55.5 Å². The first kappa shape index (κ1) is 32.3. The van der Waals surface area contributed by atoms with Gasteiger partial charge in [0.1, 0.15) is 41.9 Å². The first-order valence-electron chi connectivity index (χ1n) is 13.9. The molecule has 3 aromatic rings. The van der Waals surface area contributed by atoms with E-state index in [0.717, 1.165) is 12.1 Å². The fourth-order valence-corrected chi connectivity index (χ4v) is 4.84. The fraction of sp³-hybridized carbons (Fsp3) is 0.400. The van der Waals surface area contributed by atoms with Gasteiger partial charge in [0.2, 0.25) is 6.29 Å². The van der Waals surface area contributed by atoms with E-state index in [4.69, 9.17) is 28.1 Å². The lowest BCUT2D eigenvalue weighted by atomic mass is 9.98. The summed E-state index contributed by atoms with van der Waals surface area (Å²) in [7, 11) is 0. The maximum atomic E-state index is 12.7. The van der Waals surface area contributed by atoms with Crippen molar-refractivity contribution in [3.63, 3.8) is 0 Å². The molecule has 2 saturated heterocycles. The quantitative estimate of drug-likeness (QED) is 0.0942. The summed E-state index contributed by atoms with van der Waals surface area (Å²) in [6, 6.07) is 10.9. The molecule has 2 fully saturated rings. The first-order chi connectivity index (χ1) is 21.4. The molecular formula is C30H32O15. The van der Waals surface area contributed by atoms with E-state index in [2.05, 4.69) is 0 Å². The molecule has 10 atom stereocenters. The third-order valence-electron chi connectivity index (χ3n) is 7.38. The van der Waals surface area contributed by atoms with Crippen LogP contribution in [-0.2, 0) is 23.7 Å². The van der Waals surface area contributed by atoms with Gasteiger partial charge in [-0.1, -0.05) is 12.1 Å². The lowest BCUT2D eigenvalue weighted by Crippen LogP contribution is -2.62. The predicted octanol–water partition coefficient (Wildman–Crippen LogP) is -0.501. The van der Waals surface area contributed by atoms with Crippen molar-refractivity contribution in [2.45, 2.75) is 68.3 Å². The van der Waals surface area contributed by atoms with E-state index in [9.17, 15) is 45.3 Å². The number of benzene rings is 2. The molecule has 7 N–H and O–H groups in total. The number of phenols is 2. The molecule has 1 aromatic heterocycles. The number of ether oxygens (including phenoxy) is 5. The molecule has 0 saturated carbocycles. The zero-order valence-electron chi connectivity index (χ0n) is 23.7. The summed E-state index contributed by atoms with van der Waals surface area (Å²) in [5.74, 6) is -1.66. The van der Waals surface area contributed by atoms with Gasteiger partial charge in [-0.15, -0.1) is 0 Å². The Hall–Kier alpha value is -4.06. The summed E-state index contributed by atoms with van der Waals surface area (Å²) in [6.45, 7) is 0.891. The molecule has 2 aromatic carbocycles. The lowest BCUT2D eigenvalue weighted by molar-refractivity contribution is -0.319. The molecule has 0 radical (unpaired) electrons. The van der Waals surface area contributed by atoms with Crippen molar-refractivity contribution in [3.05, 3.63) is 70.6 Å². The second-order valence-electron chi connectivity index (χ2n) is 10.6. The van der Waals surface area contributed by atoms with Gasteiger partial charge in [-0.05, 0) is 42.8 Å². The Morgan fingerprint density at radius 2 is 1.60 bits per heavy atom. The minimum atomic E-state index is -1.84. The van der Waals surface area contributed by atoms with Crippen LogP contribution in [-0.4, -0.2) is 110 Å². The normalized spacial score (nSPS) is 32.0. The number of aromatic hydroxyl groups is 2. The van der Waals surface area contributed by atoms with Crippen molar-refractivity contribution in [2.75, 3.05) is 6.61 Å². The minimum absolute atomic E-state index is 0.0216. The Morgan fingerprint density at radius 3 is 2.33 bits per heavy atom. The van der Waals surface area contributed by atoms with Crippen molar-refractivity contribution in [1.82, 2.24) is 0 Å². The van der Waals surface area contributed by atoms with Crippen LogP contribution in [0.2, 0.25) is 0 Å². The molecule has 15 heteroatoms. The number of carbonyl (C=O) groups is 1. The molecule has 2 aliphatic rings. The summed E-state index contributed by atoms with van der Waals surface area (Å²) in [6.07, 6.45) is -13.0. The monoisotopic (exact) mass is 632 g/mol. The topological polar surface area (TPSA) is 235 Å². The summed E-state index contributed by atoms with van der Waals surface area (Å²) >= 11 is 0.